The molecule has 0 saturated heterocycles. The second kappa shape index (κ2) is 7.28. The maximum absolute atomic E-state index is 11.8. The van der Waals surface area contributed by atoms with E-state index < -0.39 is 5.97 Å². The molecular formula is C14H21NO3S. The molecule has 1 heterocycles. The second-order valence-electron chi connectivity index (χ2n) is 4.48. The number of esters is 1. The van der Waals surface area contributed by atoms with Gasteiger partial charge in [-0.3, -0.25) is 4.79 Å². The topological polar surface area (TPSA) is 55.4 Å². The maximum atomic E-state index is 11.8. The van der Waals surface area contributed by atoms with E-state index in [0.717, 1.165) is 29.7 Å². The largest absolute Gasteiger partial charge is 0.465 e. The van der Waals surface area contributed by atoms with Crippen LogP contribution < -0.4 is 5.32 Å². The summed E-state index contributed by atoms with van der Waals surface area (Å²) in [5.41, 5.74) is 1.36. The van der Waals surface area contributed by atoms with Crippen molar-refractivity contribution in [1.82, 2.24) is 0 Å². The number of unbranched alkanes of at least 4 members (excludes halogenated alkanes) is 2. The fraction of sp³-hybridized carbons (Fsp3) is 0.571. The Morgan fingerprint density at radius 1 is 1.26 bits per heavy atom. The molecule has 0 aliphatic heterocycles. The molecule has 1 aromatic rings. The molecule has 0 saturated carbocycles. The van der Waals surface area contributed by atoms with Gasteiger partial charge in [-0.05, 0) is 25.8 Å². The first kappa shape index (κ1) is 15.7. The number of thiophene rings is 1. The van der Waals surface area contributed by atoms with Crippen molar-refractivity contribution in [1.29, 1.82) is 0 Å². The van der Waals surface area contributed by atoms with Crippen LogP contribution in [0.3, 0.4) is 0 Å². The van der Waals surface area contributed by atoms with E-state index in [2.05, 4.69) is 12.2 Å². The third kappa shape index (κ3) is 4.06. The molecule has 0 aromatic carbocycles. The number of anilines is 1. The highest BCUT2D eigenvalue weighted by molar-refractivity contribution is 7.16. The fourth-order valence-corrected chi connectivity index (χ4v) is 2.85. The van der Waals surface area contributed by atoms with Crippen molar-refractivity contribution in [2.75, 3.05) is 12.4 Å². The number of hydrogen-bond acceptors (Lipinski definition) is 4. The number of rotatable bonds is 6. The lowest BCUT2D eigenvalue weighted by atomic mass is 10.1. The summed E-state index contributed by atoms with van der Waals surface area (Å²) in [5, 5.41) is 3.43. The summed E-state index contributed by atoms with van der Waals surface area (Å²) >= 11 is 1.42. The van der Waals surface area contributed by atoms with Crippen molar-refractivity contribution >= 4 is 28.2 Å². The maximum Gasteiger partial charge on any atom is 0.341 e. The third-order valence-corrected chi connectivity index (χ3v) is 4.16. The normalized spacial score (nSPS) is 10.3. The van der Waals surface area contributed by atoms with E-state index in [9.17, 15) is 9.59 Å². The standard InChI is InChI=1S/C14H21NO3S/c1-5-6-7-8-11(16)15-13-12(14(17)18-4)9(2)10(3)19-13/h5-8H2,1-4H3,(H,15,16). The highest BCUT2D eigenvalue weighted by Gasteiger charge is 2.21. The second-order valence-corrected chi connectivity index (χ2v) is 5.71. The van der Waals surface area contributed by atoms with Crippen molar-refractivity contribution in [2.45, 2.75) is 46.5 Å². The van der Waals surface area contributed by atoms with Crippen molar-refractivity contribution in [3.8, 4) is 0 Å². The van der Waals surface area contributed by atoms with Crippen molar-refractivity contribution in [2.24, 2.45) is 0 Å². The molecule has 1 aromatic heterocycles. The number of hydrogen-bond donors (Lipinski definition) is 1. The van der Waals surface area contributed by atoms with Gasteiger partial charge in [0, 0.05) is 11.3 Å². The number of aryl methyl sites for hydroxylation is 1. The van der Waals surface area contributed by atoms with Gasteiger partial charge in [0.1, 0.15) is 5.00 Å². The first-order valence-corrected chi connectivity index (χ1v) is 7.31. The molecule has 0 unspecified atom stereocenters. The van der Waals surface area contributed by atoms with Crippen molar-refractivity contribution in [3.05, 3.63) is 16.0 Å². The lowest BCUT2D eigenvalue weighted by Gasteiger charge is -2.05. The van der Waals surface area contributed by atoms with Crippen LogP contribution in [-0.4, -0.2) is 19.0 Å². The predicted molar refractivity (Wildman–Crippen MR) is 77.9 cm³/mol. The molecule has 0 radical (unpaired) electrons. The third-order valence-electron chi connectivity index (χ3n) is 3.04. The zero-order valence-corrected chi connectivity index (χ0v) is 12.8. The van der Waals surface area contributed by atoms with Gasteiger partial charge in [-0.15, -0.1) is 11.3 Å². The van der Waals surface area contributed by atoms with E-state index in [4.69, 9.17) is 4.74 Å². The Hall–Kier alpha value is -1.36. The van der Waals surface area contributed by atoms with Crippen LogP contribution in [-0.2, 0) is 9.53 Å². The van der Waals surface area contributed by atoms with Gasteiger partial charge in [-0.25, -0.2) is 4.79 Å². The van der Waals surface area contributed by atoms with Crippen LogP contribution in [0.1, 0.15) is 53.4 Å². The number of ether oxygens (including phenoxy) is 1. The summed E-state index contributed by atoms with van der Waals surface area (Å²) in [4.78, 5) is 24.6. The molecular weight excluding hydrogens is 262 g/mol. The zero-order chi connectivity index (χ0) is 14.4. The molecule has 1 rings (SSSR count). The Bertz CT molecular complexity index is 466. The molecule has 0 aliphatic carbocycles. The van der Waals surface area contributed by atoms with E-state index in [1.807, 2.05) is 13.8 Å². The van der Waals surface area contributed by atoms with Gasteiger partial charge in [0.05, 0.1) is 12.7 Å². The molecule has 106 valence electrons. The predicted octanol–water partition coefficient (Wildman–Crippen LogP) is 3.67. The van der Waals surface area contributed by atoms with Gasteiger partial charge in [-0.2, -0.15) is 0 Å². The molecule has 0 spiro atoms. The number of methoxy groups -OCH3 is 1. The summed E-state index contributed by atoms with van der Waals surface area (Å²) in [6.45, 7) is 5.89. The van der Waals surface area contributed by atoms with E-state index in [-0.39, 0.29) is 5.91 Å². The molecule has 1 N–H and O–H groups in total. The van der Waals surface area contributed by atoms with E-state index in [0.29, 0.717) is 17.0 Å². The van der Waals surface area contributed by atoms with Crippen LogP contribution in [0, 0.1) is 13.8 Å². The van der Waals surface area contributed by atoms with E-state index >= 15 is 0 Å². The highest BCUT2D eigenvalue weighted by Crippen LogP contribution is 2.33. The molecule has 5 heteroatoms. The molecule has 0 atom stereocenters. The van der Waals surface area contributed by atoms with Gasteiger partial charge in [0.2, 0.25) is 5.91 Å². The summed E-state index contributed by atoms with van der Waals surface area (Å²) < 4.78 is 4.77. The average Bonchev–Trinajstić information content (AvgIpc) is 2.64. The van der Waals surface area contributed by atoms with E-state index in [1.54, 1.807) is 0 Å². The molecule has 0 fully saturated rings. The van der Waals surface area contributed by atoms with Gasteiger partial charge in [-0.1, -0.05) is 19.8 Å². The lowest BCUT2D eigenvalue weighted by molar-refractivity contribution is -0.116. The number of carbonyl (C=O) groups is 2. The smallest absolute Gasteiger partial charge is 0.341 e. The molecule has 0 aliphatic rings. The minimum Gasteiger partial charge on any atom is -0.465 e. The van der Waals surface area contributed by atoms with Crippen LogP contribution in [0.25, 0.3) is 0 Å². The Morgan fingerprint density at radius 2 is 1.95 bits per heavy atom. The quantitative estimate of drug-likeness (QED) is 0.640. The summed E-state index contributed by atoms with van der Waals surface area (Å²) in [6.07, 6.45) is 3.49. The Kier molecular flexibility index (Phi) is 6.02. The Morgan fingerprint density at radius 3 is 2.53 bits per heavy atom. The lowest BCUT2D eigenvalue weighted by Crippen LogP contribution is -2.13. The van der Waals surface area contributed by atoms with Crippen LogP contribution in [0.4, 0.5) is 5.00 Å². The number of amides is 1. The van der Waals surface area contributed by atoms with Crippen molar-refractivity contribution < 1.29 is 14.3 Å². The molecule has 19 heavy (non-hydrogen) atoms. The highest BCUT2D eigenvalue weighted by atomic mass is 32.1. The van der Waals surface area contributed by atoms with Crippen LogP contribution >= 0.6 is 11.3 Å². The summed E-state index contributed by atoms with van der Waals surface area (Å²) in [6, 6.07) is 0. The Balaban J connectivity index is 2.80. The van der Waals surface area contributed by atoms with E-state index in [1.165, 1.54) is 18.4 Å². The summed E-state index contributed by atoms with van der Waals surface area (Å²) in [7, 11) is 1.35. The van der Waals surface area contributed by atoms with Crippen LogP contribution in [0.15, 0.2) is 0 Å². The Labute approximate surface area is 118 Å². The van der Waals surface area contributed by atoms with Gasteiger partial charge >= 0.3 is 5.97 Å². The minimum atomic E-state index is -0.397. The van der Waals surface area contributed by atoms with Gasteiger partial charge < -0.3 is 10.1 Å². The SMILES string of the molecule is CCCCCC(=O)Nc1sc(C)c(C)c1C(=O)OC. The fourth-order valence-electron chi connectivity index (χ4n) is 1.79. The van der Waals surface area contributed by atoms with Crippen molar-refractivity contribution in [3.63, 3.8) is 0 Å². The molecule has 1 amide bonds. The zero-order valence-electron chi connectivity index (χ0n) is 12.0. The average molecular weight is 283 g/mol. The molecule has 4 nitrogen and oxygen atoms in total. The summed E-state index contributed by atoms with van der Waals surface area (Å²) in [5.74, 6) is -0.439. The minimum absolute atomic E-state index is 0.0418. The van der Waals surface area contributed by atoms with Gasteiger partial charge in [0.15, 0.2) is 0 Å². The monoisotopic (exact) mass is 283 g/mol. The van der Waals surface area contributed by atoms with Crippen LogP contribution in [0.5, 0.6) is 0 Å². The number of nitrogens with one attached hydrogen (secondary N) is 1. The first-order valence-electron chi connectivity index (χ1n) is 6.49. The van der Waals surface area contributed by atoms with Gasteiger partial charge in [0.25, 0.3) is 0 Å². The molecule has 0 bridgehead atoms. The number of carbonyl (C=O) groups excluding carboxylic acids is 2. The van der Waals surface area contributed by atoms with Crippen LogP contribution in [0.2, 0.25) is 0 Å². The first-order chi connectivity index (χ1) is 9.01.